The minimum Gasteiger partial charge on any atom is -0.496 e. The lowest BCUT2D eigenvalue weighted by Gasteiger charge is -2.26. The molecule has 1 N–H and O–H groups in total. The fourth-order valence-corrected chi connectivity index (χ4v) is 6.86. The van der Waals surface area contributed by atoms with Crippen LogP contribution in [0.15, 0.2) is 42.5 Å². The Morgan fingerprint density at radius 2 is 2.00 bits per heavy atom. The summed E-state index contributed by atoms with van der Waals surface area (Å²) < 4.78 is 11.7. The van der Waals surface area contributed by atoms with E-state index in [0.717, 1.165) is 53.1 Å². The quantitative estimate of drug-likeness (QED) is 0.335. The van der Waals surface area contributed by atoms with E-state index in [1.807, 2.05) is 50.2 Å². The zero-order chi connectivity index (χ0) is 25.2. The van der Waals surface area contributed by atoms with Gasteiger partial charge in [0.25, 0.3) is 0 Å². The van der Waals surface area contributed by atoms with Gasteiger partial charge in [-0.05, 0) is 55.2 Å². The van der Waals surface area contributed by atoms with Crippen LogP contribution in [0.25, 0.3) is 20.8 Å². The minimum atomic E-state index is -0.307. The molecule has 7 nitrogen and oxygen atoms in total. The number of hydrogen-bond acceptors (Lipinski definition) is 7. The van der Waals surface area contributed by atoms with Crippen molar-refractivity contribution in [3.05, 3.63) is 64.0 Å². The molecular formula is C27H27N3O4S2. The molecule has 186 valence electrons. The van der Waals surface area contributed by atoms with Crippen LogP contribution < -0.4 is 10.1 Å². The second-order valence-electron chi connectivity index (χ2n) is 8.59. The molecule has 0 spiro atoms. The van der Waals surface area contributed by atoms with Gasteiger partial charge in [-0.15, -0.1) is 22.7 Å². The summed E-state index contributed by atoms with van der Waals surface area (Å²) in [7, 11) is 1.64. The zero-order valence-electron chi connectivity index (χ0n) is 20.4. The highest BCUT2D eigenvalue weighted by atomic mass is 32.1. The van der Waals surface area contributed by atoms with Crippen molar-refractivity contribution in [2.24, 2.45) is 0 Å². The fourth-order valence-electron chi connectivity index (χ4n) is 4.47. The van der Waals surface area contributed by atoms with Gasteiger partial charge in [0.2, 0.25) is 5.91 Å². The number of aromatic nitrogens is 1. The normalized spacial score (nSPS) is 12.9. The molecule has 0 radical (unpaired) electrons. The average molecular weight is 522 g/mol. The summed E-state index contributed by atoms with van der Waals surface area (Å²) in [5, 5.41) is 4.82. The van der Waals surface area contributed by atoms with Crippen molar-refractivity contribution in [2.45, 2.75) is 33.2 Å². The molecule has 5 rings (SSSR count). The number of carbonyl (C=O) groups is 2. The van der Waals surface area contributed by atoms with Crippen LogP contribution in [0, 0.1) is 6.92 Å². The van der Waals surface area contributed by atoms with Gasteiger partial charge in [-0.2, -0.15) is 0 Å². The van der Waals surface area contributed by atoms with Crippen LogP contribution in [0.4, 0.5) is 9.80 Å². The van der Waals surface area contributed by atoms with Crippen LogP contribution in [0.1, 0.15) is 28.5 Å². The molecule has 0 unspecified atom stereocenters. The standard InChI is InChI=1S/C27H27N3O4S2/c1-4-34-27(32)30-12-11-18-22(15-30)36-26(24(18)25-28-19-7-5-6-8-21(19)35-25)29-23(31)14-17-9-10-20(33-3)16(2)13-17/h5-10,13H,4,11-12,14-15H2,1-3H3,(H,29,31). The van der Waals surface area contributed by atoms with Gasteiger partial charge < -0.3 is 19.7 Å². The van der Waals surface area contributed by atoms with Crippen LogP contribution in [-0.2, 0) is 28.9 Å². The van der Waals surface area contributed by atoms with Gasteiger partial charge >= 0.3 is 6.09 Å². The van der Waals surface area contributed by atoms with Gasteiger partial charge in [0.05, 0.1) is 36.9 Å². The van der Waals surface area contributed by atoms with Crippen molar-refractivity contribution in [1.82, 2.24) is 9.88 Å². The van der Waals surface area contributed by atoms with Crippen molar-refractivity contribution in [3.63, 3.8) is 0 Å². The highest BCUT2D eigenvalue weighted by Gasteiger charge is 2.30. The van der Waals surface area contributed by atoms with Crippen molar-refractivity contribution >= 4 is 49.9 Å². The van der Waals surface area contributed by atoms with E-state index in [2.05, 4.69) is 11.4 Å². The second kappa shape index (κ2) is 10.3. The first-order valence-corrected chi connectivity index (χ1v) is 13.5. The molecule has 36 heavy (non-hydrogen) atoms. The molecule has 3 heterocycles. The number of ether oxygens (including phenoxy) is 2. The van der Waals surface area contributed by atoms with Crippen LogP contribution in [0.3, 0.4) is 0 Å². The highest BCUT2D eigenvalue weighted by Crippen LogP contribution is 2.45. The summed E-state index contributed by atoms with van der Waals surface area (Å²) in [5.41, 5.74) is 4.97. The number of nitrogens with zero attached hydrogens (tertiary/aromatic N) is 2. The molecule has 1 aliphatic rings. The van der Waals surface area contributed by atoms with E-state index in [4.69, 9.17) is 14.5 Å². The number of hydrogen-bond donors (Lipinski definition) is 1. The van der Waals surface area contributed by atoms with E-state index in [-0.39, 0.29) is 18.4 Å². The van der Waals surface area contributed by atoms with Gasteiger partial charge in [-0.3, -0.25) is 4.79 Å². The lowest BCUT2D eigenvalue weighted by Crippen LogP contribution is -2.35. The van der Waals surface area contributed by atoms with E-state index in [1.54, 1.807) is 23.3 Å². The third-order valence-electron chi connectivity index (χ3n) is 6.17. The maximum absolute atomic E-state index is 13.1. The summed E-state index contributed by atoms with van der Waals surface area (Å²) in [6.07, 6.45) is 0.629. The Labute approximate surface area is 217 Å². The molecule has 2 aromatic heterocycles. The Morgan fingerprint density at radius 3 is 2.75 bits per heavy atom. The third-order valence-corrected chi connectivity index (χ3v) is 8.35. The lowest BCUT2D eigenvalue weighted by molar-refractivity contribution is -0.115. The van der Waals surface area contributed by atoms with E-state index < -0.39 is 0 Å². The van der Waals surface area contributed by atoms with Crippen LogP contribution in [-0.4, -0.2) is 42.1 Å². The Balaban J connectivity index is 1.47. The number of thiazole rings is 1. The van der Waals surface area contributed by atoms with E-state index in [9.17, 15) is 9.59 Å². The first kappa shape index (κ1) is 24.3. The number of fused-ring (bicyclic) bond motifs is 2. The number of para-hydroxylation sites is 1. The van der Waals surface area contributed by atoms with E-state index in [0.29, 0.717) is 26.1 Å². The Bertz CT molecular complexity index is 1410. The zero-order valence-corrected chi connectivity index (χ0v) is 22.1. The summed E-state index contributed by atoms with van der Waals surface area (Å²) in [6.45, 7) is 5.15. The molecule has 9 heteroatoms. The van der Waals surface area contributed by atoms with Gasteiger partial charge in [-0.1, -0.05) is 24.3 Å². The Morgan fingerprint density at radius 1 is 1.17 bits per heavy atom. The van der Waals surface area contributed by atoms with Crippen LogP contribution in [0.5, 0.6) is 5.75 Å². The number of aryl methyl sites for hydroxylation is 1. The monoisotopic (exact) mass is 521 g/mol. The topological polar surface area (TPSA) is 80.8 Å². The predicted molar refractivity (Wildman–Crippen MR) is 144 cm³/mol. The first-order valence-electron chi connectivity index (χ1n) is 11.8. The predicted octanol–water partition coefficient (Wildman–Crippen LogP) is 6.04. The number of thiophene rings is 1. The SMILES string of the molecule is CCOC(=O)N1CCc2c(sc(NC(=O)Cc3ccc(OC)c(C)c3)c2-c2nc3ccccc3s2)C1. The molecule has 2 amide bonds. The summed E-state index contributed by atoms with van der Waals surface area (Å²) in [6, 6.07) is 13.8. The smallest absolute Gasteiger partial charge is 0.410 e. The molecule has 1 aliphatic heterocycles. The van der Waals surface area contributed by atoms with Crippen LogP contribution >= 0.6 is 22.7 Å². The van der Waals surface area contributed by atoms with Gasteiger partial charge in [-0.25, -0.2) is 9.78 Å². The molecule has 0 atom stereocenters. The average Bonchev–Trinajstić information content (AvgIpc) is 3.44. The summed E-state index contributed by atoms with van der Waals surface area (Å²) in [5.74, 6) is 0.706. The molecule has 4 aromatic rings. The maximum Gasteiger partial charge on any atom is 0.410 e. The molecule has 0 aliphatic carbocycles. The fraction of sp³-hybridized carbons (Fsp3) is 0.296. The molecule has 0 saturated carbocycles. The van der Waals surface area contributed by atoms with Crippen molar-refractivity contribution < 1.29 is 19.1 Å². The molecule has 0 fully saturated rings. The van der Waals surface area contributed by atoms with Crippen LogP contribution in [0.2, 0.25) is 0 Å². The number of benzene rings is 2. The number of carbonyl (C=O) groups excluding carboxylic acids is 2. The third kappa shape index (κ3) is 4.81. The summed E-state index contributed by atoms with van der Waals surface area (Å²) >= 11 is 3.14. The minimum absolute atomic E-state index is 0.0947. The number of nitrogens with one attached hydrogen (secondary N) is 1. The summed E-state index contributed by atoms with van der Waals surface area (Å²) in [4.78, 5) is 33.2. The van der Waals surface area contributed by atoms with Crippen molar-refractivity contribution in [1.29, 1.82) is 0 Å². The van der Waals surface area contributed by atoms with E-state index >= 15 is 0 Å². The maximum atomic E-state index is 13.1. The number of anilines is 1. The lowest BCUT2D eigenvalue weighted by atomic mass is 10.0. The number of amides is 2. The van der Waals surface area contributed by atoms with Gasteiger partial charge in [0, 0.05) is 17.0 Å². The van der Waals surface area contributed by atoms with Gasteiger partial charge in [0.1, 0.15) is 15.8 Å². The first-order chi connectivity index (χ1) is 17.5. The number of rotatable bonds is 6. The van der Waals surface area contributed by atoms with Crippen molar-refractivity contribution in [3.8, 4) is 16.3 Å². The molecule has 0 bridgehead atoms. The highest BCUT2D eigenvalue weighted by molar-refractivity contribution is 7.22. The molecular weight excluding hydrogens is 494 g/mol. The molecule has 0 saturated heterocycles. The van der Waals surface area contributed by atoms with Gasteiger partial charge in [0.15, 0.2) is 0 Å². The van der Waals surface area contributed by atoms with Crippen molar-refractivity contribution in [2.75, 3.05) is 25.6 Å². The Kier molecular flexibility index (Phi) is 6.93. The Hall–Kier alpha value is -3.43. The number of methoxy groups -OCH3 is 1. The molecule has 2 aromatic carbocycles. The second-order valence-corrected chi connectivity index (χ2v) is 10.7. The largest absolute Gasteiger partial charge is 0.496 e. The van der Waals surface area contributed by atoms with E-state index in [1.165, 1.54) is 11.3 Å².